The van der Waals surface area contributed by atoms with Crippen LogP contribution in [0.3, 0.4) is 0 Å². The van der Waals surface area contributed by atoms with E-state index in [0.29, 0.717) is 0 Å². The Morgan fingerprint density at radius 1 is 1.58 bits per heavy atom. The van der Waals surface area contributed by atoms with Crippen LogP contribution in [0.1, 0.15) is 5.69 Å². The summed E-state index contributed by atoms with van der Waals surface area (Å²) in [5, 5.41) is 5.70. The third kappa shape index (κ3) is 0.984. The van der Waals surface area contributed by atoms with Crippen LogP contribution in [-0.2, 0) is 7.05 Å². The van der Waals surface area contributed by atoms with E-state index in [2.05, 4.69) is 10.1 Å². The molecule has 64 valence electrons. The van der Waals surface area contributed by atoms with Crippen molar-refractivity contribution >= 4 is 5.84 Å². The summed E-state index contributed by atoms with van der Waals surface area (Å²) in [6.45, 7) is 1.57. The first-order chi connectivity index (χ1) is 5.79. The summed E-state index contributed by atoms with van der Waals surface area (Å²) in [5.74, 6) is 6.53. The van der Waals surface area contributed by atoms with Crippen molar-refractivity contribution in [3.05, 3.63) is 18.0 Å². The van der Waals surface area contributed by atoms with E-state index in [1.807, 2.05) is 13.1 Å². The Kier molecular flexibility index (Phi) is 1.58. The average molecular weight is 165 g/mol. The van der Waals surface area contributed by atoms with Crippen LogP contribution in [0, 0.1) is 0 Å². The number of hydrazine groups is 1. The second kappa shape index (κ2) is 2.60. The Morgan fingerprint density at radius 2 is 2.42 bits per heavy atom. The van der Waals surface area contributed by atoms with Gasteiger partial charge in [0.2, 0.25) is 0 Å². The first kappa shape index (κ1) is 7.30. The molecule has 5 heteroatoms. The molecule has 0 bridgehead atoms. The monoisotopic (exact) mass is 165 g/mol. The number of hydrogen-bond acceptors (Lipinski definition) is 4. The lowest BCUT2D eigenvalue weighted by Gasteiger charge is -2.12. The first-order valence-corrected chi connectivity index (χ1v) is 3.84. The van der Waals surface area contributed by atoms with Gasteiger partial charge in [-0.25, -0.2) is 5.84 Å². The summed E-state index contributed by atoms with van der Waals surface area (Å²) in [6, 6.07) is 1.91. The molecule has 0 aromatic carbocycles. The second-order valence-electron chi connectivity index (χ2n) is 2.74. The van der Waals surface area contributed by atoms with Crippen LogP contribution in [-0.4, -0.2) is 33.7 Å². The molecule has 0 spiro atoms. The molecule has 1 aliphatic rings. The minimum Gasteiger partial charge on any atom is -0.291 e. The van der Waals surface area contributed by atoms with Crippen LogP contribution in [0.4, 0.5) is 0 Å². The molecular weight excluding hydrogens is 154 g/mol. The molecule has 0 fully saturated rings. The lowest BCUT2D eigenvalue weighted by atomic mass is 10.4. The smallest absolute Gasteiger partial charge is 0.163 e. The van der Waals surface area contributed by atoms with Crippen molar-refractivity contribution < 1.29 is 0 Å². The number of hydrogen-bond donors (Lipinski definition) is 1. The van der Waals surface area contributed by atoms with Crippen LogP contribution in [0.5, 0.6) is 0 Å². The molecule has 0 atom stereocenters. The van der Waals surface area contributed by atoms with Crippen molar-refractivity contribution in [1.29, 1.82) is 0 Å². The molecule has 0 saturated heterocycles. The van der Waals surface area contributed by atoms with E-state index in [1.165, 1.54) is 0 Å². The number of amidine groups is 1. The van der Waals surface area contributed by atoms with E-state index < -0.39 is 0 Å². The SMILES string of the molecule is Cn1nccc1C1=NCCN1N. The Balaban J connectivity index is 2.37. The van der Waals surface area contributed by atoms with Gasteiger partial charge in [-0.3, -0.25) is 14.7 Å². The number of aromatic nitrogens is 2. The van der Waals surface area contributed by atoms with Gasteiger partial charge in [-0.15, -0.1) is 0 Å². The van der Waals surface area contributed by atoms with Crippen molar-refractivity contribution in [2.75, 3.05) is 13.1 Å². The van der Waals surface area contributed by atoms with Gasteiger partial charge in [0.05, 0.1) is 13.1 Å². The average Bonchev–Trinajstić information content (AvgIpc) is 2.59. The fourth-order valence-corrected chi connectivity index (χ4v) is 1.28. The van der Waals surface area contributed by atoms with Crippen molar-refractivity contribution in [2.45, 2.75) is 0 Å². The quantitative estimate of drug-likeness (QED) is 0.563. The van der Waals surface area contributed by atoms with Crippen molar-refractivity contribution in [3.63, 3.8) is 0 Å². The maximum atomic E-state index is 5.70. The zero-order chi connectivity index (χ0) is 8.55. The van der Waals surface area contributed by atoms with E-state index in [-0.39, 0.29) is 0 Å². The summed E-state index contributed by atoms with van der Waals surface area (Å²) >= 11 is 0. The van der Waals surface area contributed by atoms with Crippen LogP contribution < -0.4 is 5.84 Å². The largest absolute Gasteiger partial charge is 0.291 e. The zero-order valence-electron chi connectivity index (χ0n) is 6.94. The molecule has 2 heterocycles. The number of nitrogens with two attached hydrogens (primary N) is 1. The molecule has 0 radical (unpaired) electrons. The van der Waals surface area contributed by atoms with Gasteiger partial charge < -0.3 is 0 Å². The molecule has 12 heavy (non-hydrogen) atoms. The summed E-state index contributed by atoms with van der Waals surface area (Å²) in [5.41, 5.74) is 0.968. The van der Waals surface area contributed by atoms with Crippen molar-refractivity contribution in [1.82, 2.24) is 14.8 Å². The maximum Gasteiger partial charge on any atom is 0.163 e. The highest BCUT2D eigenvalue weighted by Crippen LogP contribution is 2.05. The van der Waals surface area contributed by atoms with Gasteiger partial charge in [0.1, 0.15) is 5.69 Å². The predicted molar refractivity (Wildman–Crippen MR) is 45.5 cm³/mol. The molecule has 0 unspecified atom stereocenters. The van der Waals surface area contributed by atoms with Crippen LogP contribution in [0.15, 0.2) is 17.3 Å². The van der Waals surface area contributed by atoms with Crippen LogP contribution >= 0.6 is 0 Å². The Morgan fingerprint density at radius 3 is 2.92 bits per heavy atom. The minimum absolute atomic E-state index is 0.775. The van der Waals surface area contributed by atoms with Gasteiger partial charge in [-0.2, -0.15) is 5.10 Å². The highest BCUT2D eigenvalue weighted by Gasteiger charge is 2.17. The molecule has 5 nitrogen and oxygen atoms in total. The van der Waals surface area contributed by atoms with Gasteiger partial charge in [0.25, 0.3) is 0 Å². The van der Waals surface area contributed by atoms with Gasteiger partial charge in [-0.05, 0) is 6.07 Å². The van der Waals surface area contributed by atoms with Gasteiger partial charge in [0.15, 0.2) is 5.84 Å². The molecule has 1 aromatic heterocycles. The third-order valence-corrected chi connectivity index (χ3v) is 1.92. The Bertz CT molecular complexity index is 313. The van der Waals surface area contributed by atoms with E-state index in [4.69, 9.17) is 5.84 Å². The molecule has 0 saturated carbocycles. The van der Waals surface area contributed by atoms with E-state index in [0.717, 1.165) is 24.6 Å². The van der Waals surface area contributed by atoms with Gasteiger partial charge in [-0.1, -0.05) is 0 Å². The fraction of sp³-hybridized carbons (Fsp3) is 0.429. The summed E-state index contributed by atoms with van der Waals surface area (Å²) < 4.78 is 1.77. The van der Waals surface area contributed by atoms with Crippen molar-refractivity contribution in [2.24, 2.45) is 17.9 Å². The highest BCUT2D eigenvalue weighted by atomic mass is 15.5. The molecule has 2 rings (SSSR count). The van der Waals surface area contributed by atoms with E-state index in [1.54, 1.807) is 15.9 Å². The van der Waals surface area contributed by atoms with Crippen LogP contribution in [0.25, 0.3) is 0 Å². The topological polar surface area (TPSA) is 59.4 Å². The van der Waals surface area contributed by atoms with E-state index >= 15 is 0 Å². The second-order valence-corrected chi connectivity index (χ2v) is 2.74. The molecule has 1 aromatic rings. The summed E-state index contributed by atoms with van der Waals surface area (Å²) in [7, 11) is 1.88. The number of aliphatic imine (C=N–C) groups is 1. The lowest BCUT2D eigenvalue weighted by molar-refractivity contribution is 0.481. The Hall–Kier alpha value is -1.36. The standard InChI is InChI=1S/C7H11N5/c1-11-6(2-3-10-11)7-9-4-5-12(7)8/h2-3H,4-5,8H2,1H3. The lowest BCUT2D eigenvalue weighted by Crippen LogP contribution is -2.36. The molecule has 0 amide bonds. The molecular formula is C7H11N5. The predicted octanol–water partition coefficient (Wildman–Crippen LogP) is -0.644. The molecule has 1 aliphatic heterocycles. The Labute approximate surface area is 70.5 Å². The molecule has 0 aliphatic carbocycles. The first-order valence-electron chi connectivity index (χ1n) is 3.84. The number of rotatable bonds is 1. The third-order valence-electron chi connectivity index (χ3n) is 1.92. The van der Waals surface area contributed by atoms with E-state index in [9.17, 15) is 0 Å². The van der Waals surface area contributed by atoms with Crippen LogP contribution in [0.2, 0.25) is 0 Å². The zero-order valence-corrected chi connectivity index (χ0v) is 6.94. The minimum atomic E-state index is 0.775. The fourth-order valence-electron chi connectivity index (χ4n) is 1.28. The molecule has 2 N–H and O–H groups in total. The van der Waals surface area contributed by atoms with Gasteiger partial charge in [0, 0.05) is 13.2 Å². The highest BCUT2D eigenvalue weighted by molar-refractivity contribution is 5.97. The van der Waals surface area contributed by atoms with Gasteiger partial charge >= 0.3 is 0 Å². The summed E-state index contributed by atoms with van der Waals surface area (Å²) in [6.07, 6.45) is 1.74. The summed E-state index contributed by atoms with van der Waals surface area (Å²) in [4.78, 5) is 4.28. The van der Waals surface area contributed by atoms with Crippen molar-refractivity contribution in [3.8, 4) is 0 Å². The maximum absolute atomic E-state index is 5.70. The number of aryl methyl sites for hydroxylation is 1. The normalized spacial score (nSPS) is 16.8. The number of nitrogens with zero attached hydrogens (tertiary/aromatic N) is 4.